The zero-order valence-electron chi connectivity index (χ0n) is 8.21. The van der Waals surface area contributed by atoms with Crippen LogP contribution in [0.1, 0.15) is 20.7 Å². The molecule has 7 heteroatoms. The lowest BCUT2D eigenvalue weighted by Gasteiger charge is -2.15. The van der Waals surface area contributed by atoms with Crippen molar-refractivity contribution in [1.82, 2.24) is 4.90 Å². The Morgan fingerprint density at radius 1 is 1.12 bits per heavy atom. The lowest BCUT2D eigenvalue weighted by molar-refractivity contribution is -0.136. The summed E-state index contributed by atoms with van der Waals surface area (Å²) in [6.45, 7) is -1.55. The van der Waals surface area contributed by atoms with Crippen molar-refractivity contribution in [3.63, 3.8) is 0 Å². The predicted octanol–water partition coefficient (Wildman–Crippen LogP) is 2.45. The first kappa shape index (κ1) is 12.3. The van der Waals surface area contributed by atoms with Crippen LogP contribution in [0.25, 0.3) is 0 Å². The molecule has 0 N–H and O–H groups in total. The molecule has 0 radical (unpaired) electrons. The van der Waals surface area contributed by atoms with Crippen LogP contribution in [0.3, 0.4) is 0 Å². The van der Waals surface area contributed by atoms with Crippen LogP contribution in [0, 0.1) is 3.57 Å². The lowest BCUT2D eigenvalue weighted by atomic mass is 10.1. The number of nitrogens with zero attached hydrogens (tertiary/aromatic N) is 1. The van der Waals surface area contributed by atoms with Gasteiger partial charge in [0.1, 0.15) is 6.54 Å². The van der Waals surface area contributed by atoms with E-state index in [1.54, 1.807) is 6.07 Å². The van der Waals surface area contributed by atoms with E-state index in [9.17, 15) is 22.8 Å². The van der Waals surface area contributed by atoms with Crippen molar-refractivity contribution in [3.05, 3.63) is 32.9 Å². The Balaban J connectivity index is 2.39. The minimum atomic E-state index is -4.58. The number of hydrogen-bond acceptors (Lipinski definition) is 2. The van der Waals surface area contributed by atoms with Gasteiger partial charge in [-0.15, -0.1) is 0 Å². The highest BCUT2D eigenvalue weighted by atomic mass is 127. The first-order valence-electron chi connectivity index (χ1n) is 4.52. The second-order valence-corrected chi connectivity index (χ2v) is 4.75. The normalized spacial score (nSPS) is 15.4. The fraction of sp³-hybridized carbons (Fsp3) is 0.200. The van der Waals surface area contributed by atoms with E-state index in [0.29, 0.717) is 3.57 Å². The average Bonchev–Trinajstić information content (AvgIpc) is 2.42. The van der Waals surface area contributed by atoms with E-state index in [1.807, 2.05) is 22.6 Å². The smallest absolute Gasteiger partial charge is 0.269 e. The van der Waals surface area contributed by atoms with Gasteiger partial charge >= 0.3 is 6.18 Å². The standard InChI is InChI=1S/C10H5F3INO2/c11-10(12,13)4-15-8(16)6-2-1-5(14)3-7(6)9(15)17/h1-3H,4H2. The molecule has 1 heterocycles. The first-order valence-corrected chi connectivity index (χ1v) is 5.60. The number of benzene rings is 1. The Labute approximate surface area is 108 Å². The number of amides is 2. The van der Waals surface area contributed by atoms with Crippen LogP contribution in [0.4, 0.5) is 13.2 Å². The molecule has 17 heavy (non-hydrogen) atoms. The SMILES string of the molecule is O=C1c2ccc(I)cc2C(=O)N1CC(F)(F)F. The zero-order valence-corrected chi connectivity index (χ0v) is 10.4. The first-order chi connectivity index (χ1) is 7.79. The van der Waals surface area contributed by atoms with Crippen LogP contribution in [-0.2, 0) is 0 Å². The maximum Gasteiger partial charge on any atom is 0.406 e. The van der Waals surface area contributed by atoms with E-state index in [1.165, 1.54) is 12.1 Å². The number of alkyl halides is 3. The molecule has 90 valence electrons. The van der Waals surface area contributed by atoms with Crippen LogP contribution in [0.5, 0.6) is 0 Å². The number of rotatable bonds is 1. The number of imide groups is 1. The molecule has 0 unspecified atom stereocenters. The summed E-state index contributed by atoms with van der Waals surface area (Å²) in [6, 6.07) is 4.35. The fourth-order valence-electron chi connectivity index (χ4n) is 1.59. The quantitative estimate of drug-likeness (QED) is 0.573. The highest BCUT2D eigenvalue weighted by Gasteiger charge is 2.42. The van der Waals surface area contributed by atoms with Gasteiger partial charge in [-0.05, 0) is 40.8 Å². The molecule has 0 saturated carbocycles. The van der Waals surface area contributed by atoms with E-state index in [2.05, 4.69) is 0 Å². The second kappa shape index (κ2) is 3.97. The van der Waals surface area contributed by atoms with Gasteiger partial charge in [-0.3, -0.25) is 14.5 Å². The topological polar surface area (TPSA) is 37.4 Å². The summed E-state index contributed by atoms with van der Waals surface area (Å²) >= 11 is 1.92. The van der Waals surface area contributed by atoms with E-state index in [4.69, 9.17) is 0 Å². The largest absolute Gasteiger partial charge is 0.406 e. The number of hydrogen-bond donors (Lipinski definition) is 0. The molecule has 1 aliphatic heterocycles. The van der Waals surface area contributed by atoms with Crippen LogP contribution in [0.15, 0.2) is 18.2 Å². The van der Waals surface area contributed by atoms with Gasteiger partial charge in [0.05, 0.1) is 11.1 Å². The Morgan fingerprint density at radius 3 is 2.29 bits per heavy atom. The van der Waals surface area contributed by atoms with Gasteiger partial charge in [0, 0.05) is 3.57 Å². The van der Waals surface area contributed by atoms with Crippen LogP contribution >= 0.6 is 22.6 Å². The zero-order chi connectivity index (χ0) is 12.8. The molecule has 0 saturated heterocycles. The molecular formula is C10H5F3INO2. The number of carbonyl (C=O) groups is 2. The van der Waals surface area contributed by atoms with Gasteiger partial charge in [-0.2, -0.15) is 13.2 Å². The van der Waals surface area contributed by atoms with Crippen LogP contribution < -0.4 is 0 Å². The molecule has 0 bridgehead atoms. The second-order valence-electron chi connectivity index (χ2n) is 3.50. The van der Waals surface area contributed by atoms with E-state index in [-0.39, 0.29) is 16.0 Å². The summed E-state index contributed by atoms with van der Waals surface area (Å²) in [4.78, 5) is 23.5. The van der Waals surface area contributed by atoms with Gasteiger partial charge in [-0.1, -0.05) is 0 Å². The van der Waals surface area contributed by atoms with Crippen molar-refractivity contribution in [2.45, 2.75) is 6.18 Å². The van der Waals surface area contributed by atoms with Gasteiger partial charge in [0.15, 0.2) is 0 Å². The van der Waals surface area contributed by atoms with Crippen molar-refractivity contribution >= 4 is 34.4 Å². The molecule has 0 aliphatic carbocycles. The third kappa shape index (κ3) is 2.28. The van der Waals surface area contributed by atoms with E-state index >= 15 is 0 Å². The highest BCUT2D eigenvalue weighted by molar-refractivity contribution is 14.1. The molecule has 0 aromatic heterocycles. The predicted molar refractivity (Wildman–Crippen MR) is 60.6 cm³/mol. The molecule has 1 aromatic rings. The van der Waals surface area contributed by atoms with Crippen molar-refractivity contribution in [3.8, 4) is 0 Å². The summed E-state index contributed by atoms with van der Waals surface area (Å²) < 4.78 is 37.3. The molecule has 1 aromatic carbocycles. The number of fused-ring (bicyclic) bond motifs is 1. The van der Waals surface area contributed by atoms with Crippen molar-refractivity contribution < 1.29 is 22.8 Å². The van der Waals surface area contributed by atoms with Crippen molar-refractivity contribution in [2.24, 2.45) is 0 Å². The number of carbonyl (C=O) groups excluding carboxylic acids is 2. The average molecular weight is 355 g/mol. The lowest BCUT2D eigenvalue weighted by Crippen LogP contribution is -2.38. The Bertz CT molecular complexity index is 513. The maximum atomic E-state index is 12.2. The van der Waals surface area contributed by atoms with E-state index < -0.39 is 24.5 Å². The van der Waals surface area contributed by atoms with Gasteiger partial charge in [0.25, 0.3) is 11.8 Å². The maximum absolute atomic E-state index is 12.2. The Kier molecular flexibility index (Phi) is 2.88. The molecule has 3 nitrogen and oxygen atoms in total. The Hall–Kier alpha value is -1.12. The van der Waals surface area contributed by atoms with Crippen molar-refractivity contribution in [1.29, 1.82) is 0 Å². The monoisotopic (exact) mass is 355 g/mol. The molecule has 0 fully saturated rings. The summed E-state index contributed by atoms with van der Waals surface area (Å²) in [5.74, 6) is -1.78. The molecule has 2 rings (SSSR count). The third-order valence-electron chi connectivity index (χ3n) is 2.27. The van der Waals surface area contributed by atoms with Gasteiger partial charge < -0.3 is 0 Å². The summed E-state index contributed by atoms with van der Waals surface area (Å²) in [5, 5.41) is 0. The summed E-state index contributed by atoms with van der Waals surface area (Å²) in [6.07, 6.45) is -4.58. The Morgan fingerprint density at radius 2 is 1.71 bits per heavy atom. The molecule has 0 atom stereocenters. The number of halogens is 4. The van der Waals surface area contributed by atoms with Gasteiger partial charge in [0.2, 0.25) is 0 Å². The molecular weight excluding hydrogens is 350 g/mol. The summed E-state index contributed by atoms with van der Waals surface area (Å²) in [7, 11) is 0. The fourth-order valence-corrected chi connectivity index (χ4v) is 2.08. The highest BCUT2D eigenvalue weighted by Crippen LogP contribution is 2.27. The summed E-state index contributed by atoms with van der Waals surface area (Å²) in [5.41, 5.74) is 0.0609. The minimum absolute atomic E-state index is 0.0275. The third-order valence-corrected chi connectivity index (χ3v) is 2.94. The molecule has 0 spiro atoms. The van der Waals surface area contributed by atoms with E-state index in [0.717, 1.165) is 0 Å². The van der Waals surface area contributed by atoms with Crippen LogP contribution in [0.2, 0.25) is 0 Å². The minimum Gasteiger partial charge on any atom is -0.269 e. The molecule has 2 amide bonds. The van der Waals surface area contributed by atoms with Gasteiger partial charge in [-0.25, -0.2) is 0 Å². The van der Waals surface area contributed by atoms with Crippen LogP contribution in [-0.4, -0.2) is 29.4 Å². The van der Waals surface area contributed by atoms with Crippen molar-refractivity contribution in [2.75, 3.05) is 6.54 Å². The molecule has 1 aliphatic rings.